The van der Waals surface area contributed by atoms with Gasteiger partial charge in [0.05, 0.1) is 36.0 Å². The van der Waals surface area contributed by atoms with Gasteiger partial charge in [-0.1, -0.05) is 126 Å². The van der Waals surface area contributed by atoms with Crippen LogP contribution >= 0.6 is 0 Å². The molecule has 0 atom stereocenters. The van der Waals surface area contributed by atoms with E-state index in [1.165, 1.54) is 25.1 Å². The minimum absolute atomic E-state index is 0.0290. The average Bonchev–Trinajstić information content (AvgIpc) is 0.796. The first kappa shape index (κ1) is 71.6. The maximum absolute atomic E-state index is 13.5. The summed E-state index contributed by atoms with van der Waals surface area (Å²) >= 11 is 0. The zero-order valence-electron chi connectivity index (χ0n) is 59.3. The molecule has 0 bridgehead atoms. The van der Waals surface area contributed by atoms with Gasteiger partial charge in [-0.3, -0.25) is 9.59 Å². The van der Waals surface area contributed by atoms with Gasteiger partial charge >= 0.3 is 23.9 Å². The topological polar surface area (TPSA) is 167 Å². The van der Waals surface area contributed by atoms with Crippen molar-refractivity contribution in [1.29, 1.82) is 0 Å². The van der Waals surface area contributed by atoms with Crippen LogP contribution in [0.5, 0.6) is 46.0 Å². The molecule has 0 spiro atoms. The van der Waals surface area contributed by atoms with Crippen molar-refractivity contribution in [3.05, 3.63) is 306 Å². The van der Waals surface area contributed by atoms with Gasteiger partial charge in [0, 0.05) is 33.8 Å². The summed E-state index contributed by atoms with van der Waals surface area (Å²) in [6, 6.07) is 61.9. The number of carbonyl (C=O) groups excluding carboxylic acids is 6. The van der Waals surface area contributed by atoms with Crippen molar-refractivity contribution >= 4 is 35.4 Å². The van der Waals surface area contributed by atoms with Gasteiger partial charge in [-0.15, -0.1) is 0 Å². The van der Waals surface area contributed by atoms with Crippen molar-refractivity contribution in [3.63, 3.8) is 0 Å². The molecule has 0 fully saturated rings. The highest BCUT2D eigenvalue weighted by atomic mass is 16.5. The maximum atomic E-state index is 13.5. The van der Waals surface area contributed by atoms with E-state index in [1.807, 2.05) is 102 Å². The normalized spacial score (nSPS) is 11.5. The zero-order chi connectivity index (χ0) is 71.8. The lowest BCUT2D eigenvalue weighted by Crippen LogP contribution is -2.20. The molecule has 10 aromatic rings. The summed E-state index contributed by atoms with van der Waals surface area (Å²) in [7, 11) is 1.67. The molecule has 0 aliphatic carbocycles. The molecule has 510 valence electrons. The molecular formula is C87H84O13. The number of ketones is 2. The Bertz CT molecular complexity index is 4740. The number of ether oxygens (including phenoxy) is 7. The Morgan fingerprint density at radius 2 is 0.620 bits per heavy atom. The van der Waals surface area contributed by atoms with Crippen LogP contribution in [0, 0.1) is 41.5 Å². The lowest BCUT2D eigenvalue weighted by atomic mass is 9.77. The van der Waals surface area contributed by atoms with E-state index in [0.29, 0.717) is 77.1 Å². The molecule has 0 aromatic heterocycles. The molecule has 0 amide bonds. The third-order valence-electron chi connectivity index (χ3n) is 18.8. The van der Waals surface area contributed by atoms with Crippen LogP contribution in [0.4, 0.5) is 0 Å². The van der Waals surface area contributed by atoms with E-state index >= 15 is 0 Å². The number of aryl methyl sites for hydroxylation is 6. The summed E-state index contributed by atoms with van der Waals surface area (Å²) in [5.74, 6) is 2.14. The quantitative estimate of drug-likeness (QED) is 0.0230. The molecule has 0 radical (unpaired) electrons. The van der Waals surface area contributed by atoms with Crippen LogP contribution in [0.25, 0.3) is 0 Å². The first-order valence-corrected chi connectivity index (χ1v) is 33.4. The molecule has 0 saturated heterocycles. The second kappa shape index (κ2) is 30.3. The number of methoxy groups -OCH3 is 1. The van der Waals surface area contributed by atoms with Crippen molar-refractivity contribution in [3.8, 4) is 46.0 Å². The van der Waals surface area contributed by atoms with Crippen LogP contribution in [0.3, 0.4) is 0 Å². The van der Waals surface area contributed by atoms with Crippen LogP contribution in [0.2, 0.25) is 0 Å². The molecule has 0 heterocycles. The van der Waals surface area contributed by atoms with Crippen molar-refractivity contribution in [2.75, 3.05) is 13.7 Å². The van der Waals surface area contributed by atoms with Gasteiger partial charge < -0.3 is 33.2 Å². The van der Waals surface area contributed by atoms with Gasteiger partial charge in [-0.05, 0) is 249 Å². The van der Waals surface area contributed by atoms with E-state index < -0.39 is 34.7 Å². The number of unbranched alkanes of at least 4 members (excludes halogenated alkanes) is 1. The third-order valence-corrected chi connectivity index (χ3v) is 18.8. The lowest BCUT2D eigenvalue weighted by Gasteiger charge is -2.28. The number of rotatable bonds is 25. The molecule has 13 heteroatoms. The minimum atomic E-state index is -0.579. The van der Waals surface area contributed by atoms with E-state index in [2.05, 4.69) is 71.9 Å². The molecule has 10 aromatic carbocycles. The summed E-state index contributed by atoms with van der Waals surface area (Å²) in [6.07, 6.45) is 1.72. The number of carbonyl (C=O) groups is 6. The fourth-order valence-corrected chi connectivity index (χ4v) is 12.0. The number of Topliss-reactive ketones (excluding diaryl/α,β-unsaturated/α-hetero) is 2. The highest BCUT2D eigenvalue weighted by molar-refractivity contribution is 5.99. The predicted molar refractivity (Wildman–Crippen MR) is 389 cm³/mol. The molecule has 0 unspecified atom stereocenters. The second-order valence-electron chi connectivity index (χ2n) is 27.1. The van der Waals surface area contributed by atoms with Gasteiger partial charge in [0.2, 0.25) is 0 Å². The van der Waals surface area contributed by atoms with Crippen molar-refractivity contribution in [2.45, 2.75) is 126 Å². The SMILES string of the molecule is COc1ccc(C(C)(C)c2ccc(OC(=O)c3ccc(Oc4ccc(C(=O)CCCCOc5ccc(C(C)(C)c6ccc(OC(=O)c7ccc(C(=O)Oc8ccc(C(C)(C)c9ccc(OC(=O)c%10cccc(C(C)=O)c%10)c(C)c9)cc8C)cc7)c(C)c6)cc5C)cc4)cc3)c(C)c2)cc1C. The minimum Gasteiger partial charge on any atom is -0.496 e. The van der Waals surface area contributed by atoms with E-state index in [-0.39, 0.29) is 33.7 Å². The number of hydrogen-bond donors (Lipinski definition) is 0. The molecule has 10 rings (SSSR count). The van der Waals surface area contributed by atoms with Crippen LogP contribution in [-0.4, -0.2) is 49.2 Å². The van der Waals surface area contributed by atoms with Crippen molar-refractivity contribution in [1.82, 2.24) is 0 Å². The standard InChI is InChI=1S/C87H84O13/c1-53-46-66(29-39-75(53)94-14)85(8,9)68-31-43-79(57(5)48-68)99-83(92)63-27-37-73(38-28-63)96-72-35-25-60(26-36-72)74(89)20-15-16-45-95-76-40-30-67(47-54(76)2)86(10,11)69-32-41-77(55(3)49-69)97-81(90)61-21-23-62(24-22-61)82(91)98-78-42-33-70(50-56(78)4)87(12,13)71-34-44-80(58(6)51-71)100-84(93)65-19-17-18-64(52-65)59(7)88/h17-19,21-44,46-52H,15-16,20,45H2,1-14H3. The molecule has 0 saturated carbocycles. The first-order chi connectivity index (χ1) is 47.6. The monoisotopic (exact) mass is 1340 g/mol. The molecule has 100 heavy (non-hydrogen) atoms. The first-order valence-electron chi connectivity index (χ1n) is 33.4. The third kappa shape index (κ3) is 16.5. The van der Waals surface area contributed by atoms with Gasteiger partial charge in [-0.2, -0.15) is 0 Å². The Kier molecular flexibility index (Phi) is 21.7. The fraction of sp³-hybridized carbons (Fsp3) is 0.241. The van der Waals surface area contributed by atoms with Gasteiger partial charge in [0.1, 0.15) is 46.0 Å². The molecular weight excluding hydrogens is 1250 g/mol. The van der Waals surface area contributed by atoms with E-state index in [1.54, 1.807) is 104 Å². The van der Waals surface area contributed by atoms with Crippen LogP contribution in [0.1, 0.15) is 197 Å². The largest absolute Gasteiger partial charge is 0.496 e. The lowest BCUT2D eigenvalue weighted by molar-refractivity contribution is 0.0719. The molecule has 13 nitrogen and oxygen atoms in total. The number of esters is 4. The Morgan fingerprint density at radius 1 is 0.320 bits per heavy atom. The van der Waals surface area contributed by atoms with Crippen LogP contribution in [-0.2, 0) is 16.2 Å². The summed E-state index contributed by atoms with van der Waals surface area (Å²) < 4.78 is 41.1. The number of benzene rings is 10. The van der Waals surface area contributed by atoms with E-state index in [4.69, 9.17) is 33.2 Å². The fourth-order valence-electron chi connectivity index (χ4n) is 12.0. The maximum Gasteiger partial charge on any atom is 0.343 e. The zero-order valence-corrected chi connectivity index (χ0v) is 59.3. The second-order valence-corrected chi connectivity index (χ2v) is 27.1. The van der Waals surface area contributed by atoms with Crippen molar-refractivity contribution in [2.24, 2.45) is 0 Å². The molecule has 0 aliphatic rings. The Morgan fingerprint density at radius 3 is 0.950 bits per heavy atom. The van der Waals surface area contributed by atoms with Gasteiger partial charge in [0.25, 0.3) is 0 Å². The highest BCUT2D eigenvalue weighted by Crippen LogP contribution is 2.40. The summed E-state index contributed by atoms with van der Waals surface area (Å²) in [5.41, 5.74) is 12.6. The van der Waals surface area contributed by atoms with Gasteiger partial charge in [0.15, 0.2) is 11.6 Å². The van der Waals surface area contributed by atoms with Gasteiger partial charge in [-0.25, -0.2) is 19.2 Å². The van der Waals surface area contributed by atoms with Crippen LogP contribution in [0.15, 0.2) is 206 Å². The molecule has 0 aliphatic heterocycles. The van der Waals surface area contributed by atoms with E-state index in [0.717, 1.165) is 78.3 Å². The van der Waals surface area contributed by atoms with E-state index in [9.17, 15) is 28.8 Å². The Labute approximate surface area is 586 Å². The summed E-state index contributed by atoms with van der Waals surface area (Å²) in [4.78, 5) is 78.2. The smallest absolute Gasteiger partial charge is 0.343 e. The van der Waals surface area contributed by atoms with Crippen molar-refractivity contribution < 1.29 is 61.9 Å². The Hall–Kier alpha value is -11.2. The summed E-state index contributed by atoms with van der Waals surface area (Å²) in [6.45, 7) is 26.3. The highest BCUT2D eigenvalue weighted by Gasteiger charge is 2.29. The summed E-state index contributed by atoms with van der Waals surface area (Å²) in [5, 5.41) is 0. The Balaban J connectivity index is 0.646. The molecule has 0 N–H and O–H groups in total. The van der Waals surface area contributed by atoms with Crippen LogP contribution < -0.4 is 33.2 Å². The predicted octanol–water partition coefficient (Wildman–Crippen LogP) is 19.8. The average molecular weight is 1340 g/mol. The number of hydrogen-bond acceptors (Lipinski definition) is 13.